The fourth-order valence-corrected chi connectivity index (χ4v) is 6.44. The highest BCUT2D eigenvalue weighted by atomic mass is 32.2. The highest BCUT2D eigenvalue weighted by molar-refractivity contribution is 8.47. The number of hydrogen-bond acceptors (Lipinski definition) is 7. The van der Waals surface area contributed by atoms with Gasteiger partial charge in [-0.1, -0.05) is 93.8 Å². The average Bonchev–Trinajstić information content (AvgIpc) is 2.81. The number of carbonyl (C=O) groups is 2. The van der Waals surface area contributed by atoms with Crippen LogP contribution in [0.15, 0.2) is 5.11 Å². The number of amides is 1. The molecule has 0 aliphatic carbocycles. The second-order valence-corrected chi connectivity index (χ2v) is 13.6. The summed E-state index contributed by atoms with van der Waals surface area (Å²) in [6.45, 7) is 10.1. The average molecular weight is 561 g/mol. The lowest BCUT2D eigenvalue weighted by molar-refractivity contribution is -0.154. The maximum Gasteiger partial charge on any atom is 0.311 e. The van der Waals surface area contributed by atoms with Gasteiger partial charge < -0.3 is 10.1 Å². The summed E-state index contributed by atoms with van der Waals surface area (Å²) in [5.41, 5.74) is 7.48. The molecule has 208 valence electrons. The van der Waals surface area contributed by atoms with E-state index in [1.807, 2.05) is 13.8 Å². The topological polar surface area (TPSA) is 104 Å². The smallest absolute Gasteiger partial charge is 0.311 e. The summed E-state index contributed by atoms with van der Waals surface area (Å²) in [6.07, 6.45) is 13.8. The third kappa shape index (κ3) is 19.2. The van der Waals surface area contributed by atoms with Crippen molar-refractivity contribution in [3.63, 3.8) is 0 Å². The van der Waals surface area contributed by atoms with Crippen LogP contribution in [0.5, 0.6) is 0 Å². The maximum absolute atomic E-state index is 12.9. The highest BCUT2D eigenvalue weighted by Crippen LogP contribution is 2.33. The van der Waals surface area contributed by atoms with Crippen molar-refractivity contribution in [2.24, 2.45) is 10.5 Å². The molecule has 0 rings (SSSR count). The minimum atomic E-state index is -0.846. The number of hydrogen-bond donors (Lipinski definition) is 1. The van der Waals surface area contributed by atoms with E-state index in [1.54, 1.807) is 25.6 Å². The first kappa shape index (κ1) is 35.0. The number of thioether (sulfide) groups is 2. The number of nitrogens with one attached hydrogen (secondary N) is 1. The van der Waals surface area contributed by atoms with Crippen LogP contribution >= 0.6 is 35.7 Å². The van der Waals surface area contributed by atoms with E-state index in [0.717, 1.165) is 15.7 Å². The zero-order chi connectivity index (χ0) is 27.2. The molecule has 10 heteroatoms. The van der Waals surface area contributed by atoms with E-state index in [4.69, 9.17) is 22.5 Å². The minimum absolute atomic E-state index is 0.00391. The van der Waals surface area contributed by atoms with Crippen molar-refractivity contribution in [1.82, 2.24) is 5.32 Å². The SMILES string of the molecule is CCCCCCCCCCCCSC(=S)SC(CC(C)(C)C(=O)OCCCN=[N+]=[N-])C(=O)NC(C)C. The standard InChI is InChI=1S/C26H48N4O3S3/c1-6-7-8-9-10-11-12-13-14-15-19-35-25(34)36-22(23(31)29-21(2)3)20-26(4,5)24(32)33-18-16-17-28-30-27/h21-22H,6-20H2,1-5H3,(H,29,31). The molecular formula is C26H48N4O3S3. The van der Waals surface area contributed by atoms with Crippen molar-refractivity contribution in [2.75, 3.05) is 18.9 Å². The van der Waals surface area contributed by atoms with Crippen LogP contribution in [0, 0.1) is 5.41 Å². The molecule has 0 spiro atoms. The molecule has 0 fully saturated rings. The summed E-state index contributed by atoms with van der Waals surface area (Å²) in [5.74, 6) is 0.480. The maximum atomic E-state index is 12.9. The summed E-state index contributed by atoms with van der Waals surface area (Å²) < 4.78 is 6.11. The zero-order valence-corrected chi connectivity index (χ0v) is 25.5. The van der Waals surface area contributed by atoms with E-state index < -0.39 is 10.7 Å². The van der Waals surface area contributed by atoms with Crippen LogP contribution in [0.1, 0.15) is 112 Å². The number of rotatable bonds is 21. The monoisotopic (exact) mass is 560 g/mol. The Morgan fingerprint density at radius 2 is 1.61 bits per heavy atom. The largest absolute Gasteiger partial charge is 0.465 e. The van der Waals surface area contributed by atoms with Gasteiger partial charge in [0.2, 0.25) is 5.91 Å². The second-order valence-electron chi connectivity index (χ2n) is 10.1. The third-order valence-electron chi connectivity index (χ3n) is 5.63. The molecule has 0 aliphatic heterocycles. The lowest BCUT2D eigenvalue weighted by Crippen LogP contribution is -2.41. The molecule has 0 heterocycles. The fourth-order valence-electron chi connectivity index (χ4n) is 3.55. The van der Waals surface area contributed by atoms with Gasteiger partial charge in [-0.3, -0.25) is 9.59 Å². The van der Waals surface area contributed by atoms with E-state index in [-0.39, 0.29) is 31.1 Å². The van der Waals surface area contributed by atoms with Crippen molar-refractivity contribution >= 4 is 51.1 Å². The van der Waals surface area contributed by atoms with Crippen LogP contribution in [0.3, 0.4) is 0 Å². The Hall–Kier alpha value is -0.960. The number of ether oxygens (including phenoxy) is 1. The number of carbonyl (C=O) groups excluding carboxylic acids is 2. The van der Waals surface area contributed by atoms with E-state index in [9.17, 15) is 9.59 Å². The first-order valence-corrected chi connectivity index (χ1v) is 15.7. The van der Waals surface area contributed by atoms with Crippen LogP contribution in [0.4, 0.5) is 0 Å². The lowest BCUT2D eigenvalue weighted by Gasteiger charge is -2.27. The summed E-state index contributed by atoms with van der Waals surface area (Å²) in [5, 5.41) is 5.93. The fraction of sp³-hybridized carbons (Fsp3) is 0.885. The molecule has 0 saturated heterocycles. The number of azide groups is 1. The van der Waals surface area contributed by atoms with Crippen molar-refractivity contribution in [1.29, 1.82) is 0 Å². The molecule has 0 saturated carbocycles. The highest BCUT2D eigenvalue weighted by Gasteiger charge is 2.36. The van der Waals surface area contributed by atoms with Gasteiger partial charge in [0.05, 0.1) is 17.3 Å². The van der Waals surface area contributed by atoms with Gasteiger partial charge in [0.1, 0.15) is 3.53 Å². The number of thiocarbonyl (C=S) groups is 1. The van der Waals surface area contributed by atoms with Gasteiger partial charge in [0, 0.05) is 17.5 Å². The molecule has 1 N–H and O–H groups in total. The van der Waals surface area contributed by atoms with Gasteiger partial charge in [-0.05, 0) is 58.2 Å². The predicted molar refractivity (Wildman–Crippen MR) is 160 cm³/mol. The normalized spacial score (nSPS) is 12.2. The molecular weight excluding hydrogens is 513 g/mol. The van der Waals surface area contributed by atoms with E-state index in [1.165, 1.54) is 69.5 Å². The molecule has 36 heavy (non-hydrogen) atoms. The Morgan fingerprint density at radius 1 is 1.03 bits per heavy atom. The summed E-state index contributed by atoms with van der Waals surface area (Å²) >= 11 is 8.60. The van der Waals surface area contributed by atoms with Gasteiger partial charge in [0.15, 0.2) is 0 Å². The molecule has 0 aromatic heterocycles. The molecule has 0 aromatic carbocycles. The number of nitrogens with zero attached hydrogens (tertiary/aromatic N) is 3. The third-order valence-corrected chi connectivity index (χ3v) is 8.50. The zero-order valence-electron chi connectivity index (χ0n) is 23.1. The van der Waals surface area contributed by atoms with E-state index >= 15 is 0 Å². The van der Waals surface area contributed by atoms with E-state index in [2.05, 4.69) is 22.3 Å². The van der Waals surface area contributed by atoms with Gasteiger partial charge >= 0.3 is 5.97 Å². The molecule has 0 aromatic rings. The molecule has 0 bridgehead atoms. The molecule has 0 aliphatic rings. The summed E-state index contributed by atoms with van der Waals surface area (Å²) in [4.78, 5) is 28.2. The Morgan fingerprint density at radius 3 is 2.17 bits per heavy atom. The molecule has 1 atom stereocenters. The number of esters is 1. The van der Waals surface area contributed by atoms with Crippen LogP contribution in [-0.2, 0) is 14.3 Å². The van der Waals surface area contributed by atoms with Crippen LogP contribution in [0.25, 0.3) is 10.4 Å². The number of unbranched alkanes of at least 4 members (excludes halogenated alkanes) is 9. The first-order chi connectivity index (χ1) is 17.1. The van der Waals surface area contributed by atoms with Crippen molar-refractivity contribution in [3.8, 4) is 0 Å². The van der Waals surface area contributed by atoms with Crippen molar-refractivity contribution in [2.45, 2.75) is 123 Å². The van der Waals surface area contributed by atoms with Crippen LogP contribution < -0.4 is 5.32 Å². The second kappa shape index (κ2) is 22.1. The van der Waals surface area contributed by atoms with E-state index in [0.29, 0.717) is 12.8 Å². The minimum Gasteiger partial charge on any atom is -0.465 e. The summed E-state index contributed by atoms with van der Waals surface area (Å²) in [6, 6.07) is 0.00391. The van der Waals surface area contributed by atoms with Crippen molar-refractivity contribution < 1.29 is 14.3 Å². The Bertz CT molecular complexity index is 683. The Labute approximate surface area is 233 Å². The predicted octanol–water partition coefficient (Wildman–Crippen LogP) is 8.21. The quantitative estimate of drug-likeness (QED) is 0.0379. The molecule has 7 nitrogen and oxygen atoms in total. The van der Waals surface area contributed by atoms with Gasteiger partial charge in [0.25, 0.3) is 0 Å². The molecule has 1 amide bonds. The van der Waals surface area contributed by atoms with Crippen LogP contribution in [0.2, 0.25) is 0 Å². The first-order valence-electron chi connectivity index (χ1n) is 13.5. The van der Waals surface area contributed by atoms with Gasteiger partial charge in [-0.15, -0.1) is 11.8 Å². The lowest BCUT2D eigenvalue weighted by atomic mass is 9.87. The Balaban J connectivity index is 4.50. The van der Waals surface area contributed by atoms with Gasteiger partial charge in [-0.25, -0.2) is 0 Å². The van der Waals surface area contributed by atoms with Gasteiger partial charge in [-0.2, -0.15) is 0 Å². The molecule has 1 unspecified atom stereocenters. The Kier molecular flexibility index (Phi) is 21.5. The van der Waals surface area contributed by atoms with Crippen LogP contribution in [-0.4, -0.2) is 45.6 Å². The molecule has 0 radical (unpaired) electrons. The summed E-state index contributed by atoms with van der Waals surface area (Å²) in [7, 11) is 0. The van der Waals surface area contributed by atoms with Crippen molar-refractivity contribution in [3.05, 3.63) is 10.4 Å².